The number of nitrogens with zero attached hydrogens (tertiary/aromatic N) is 3. The van der Waals surface area contributed by atoms with Crippen LogP contribution in [0.15, 0.2) is 30.6 Å². The highest BCUT2D eigenvalue weighted by Gasteiger charge is 2.20. The molecule has 110 valence electrons. The van der Waals surface area contributed by atoms with E-state index in [0.717, 1.165) is 37.5 Å². The van der Waals surface area contributed by atoms with E-state index in [1.165, 1.54) is 5.56 Å². The van der Waals surface area contributed by atoms with Gasteiger partial charge in [0.05, 0.1) is 12.3 Å². The molecule has 1 aliphatic heterocycles. The van der Waals surface area contributed by atoms with E-state index in [2.05, 4.69) is 20.3 Å². The van der Waals surface area contributed by atoms with Gasteiger partial charge in [-0.3, -0.25) is 4.98 Å². The Bertz CT molecular complexity index is 584. The van der Waals surface area contributed by atoms with Crippen LogP contribution in [0.5, 0.6) is 0 Å². The van der Waals surface area contributed by atoms with Crippen LogP contribution in [0.4, 0.5) is 11.8 Å². The molecule has 0 spiro atoms. The molecular weight excluding hydrogens is 266 g/mol. The van der Waals surface area contributed by atoms with Gasteiger partial charge in [-0.2, -0.15) is 4.98 Å². The number of nitrogens with two attached hydrogens (primary N) is 1. The highest BCUT2D eigenvalue weighted by Crippen LogP contribution is 2.25. The summed E-state index contributed by atoms with van der Waals surface area (Å²) in [4.78, 5) is 12.6. The summed E-state index contributed by atoms with van der Waals surface area (Å²) >= 11 is 0. The van der Waals surface area contributed by atoms with E-state index in [1.807, 2.05) is 18.2 Å². The maximum absolute atomic E-state index is 5.80. The van der Waals surface area contributed by atoms with E-state index in [9.17, 15) is 0 Å². The minimum Gasteiger partial charge on any atom is -0.381 e. The Balaban J connectivity index is 1.62. The quantitative estimate of drug-likeness (QED) is 0.868. The molecule has 1 atom stereocenters. The minimum absolute atomic E-state index is 0.311. The lowest BCUT2D eigenvalue weighted by Gasteiger charge is -2.11. The maximum atomic E-state index is 5.80. The predicted molar refractivity (Wildman–Crippen MR) is 81.1 cm³/mol. The molecule has 3 rings (SSSR count). The molecule has 0 saturated carbocycles. The van der Waals surface area contributed by atoms with Crippen LogP contribution in [-0.2, 0) is 11.2 Å². The highest BCUT2D eigenvalue weighted by molar-refractivity contribution is 5.41. The summed E-state index contributed by atoms with van der Waals surface area (Å²) in [5.41, 5.74) is 8.00. The van der Waals surface area contributed by atoms with Crippen molar-refractivity contribution >= 4 is 11.8 Å². The van der Waals surface area contributed by atoms with Gasteiger partial charge >= 0.3 is 0 Å². The fraction of sp³-hybridized carbons (Fsp3) is 0.400. The highest BCUT2D eigenvalue weighted by atomic mass is 16.5. The zero-order valence-corrected chi connectivity index (χ0v) is 11.8. The number of nitrogen functional groups attached to an aromatic ring is 1. The summed E-state index contributed by atoms with van der Waals surface area (Å²) in [6.45, 7) is 2.30. The number of pyridine rings is 1. The first-order chi connectivity index (χ1) is 10.3. The molecule has 3 heterocycles. The predicted octanol–water partition coefficient (Wildman–Crippen LogP) is 1.61. The van der Waals surface area contributed by atoms with E-state index < -0.39 is 0 Å². The van der Waals surface area contributed by atoms with Gasteiger partial charge in [-0.25, -0.2) is 4.98 Å². The first-order valence-electron chi connectivity index (χ1n) is 7.16. The van der Waals surface area contributed by atoms with Crippen molar-refractivity contribution in [2.45, 2.75) is 18.8 Å². The lowest BCUT2D eigenvalue weighted by molar-refractivity contribution is 0.193. The largest absolute Gasteiger partial charge is 0.381 e. The van der Waals surface area contributed by atoms with Crippen molar-refractivity contribution in [2.75, 3.05) is 30.8 Å². The van der Waals surface area contributed by atoms with Crippen LogP contribution >= 0.6 is 0 Å². The normalized spacial score (nSPS) is 17.8. The molecule has 6 nitrogen and oxygen atoms in total. The topological polar surface area (TPSA) is 86.0 Å². The molecule has 2 aromatic heterocycles. The molecule has 21 heavy (non-hydrogen) atoms. The number of nitrogens with one attached hydrogen (secondary N) is 1. The van der Waals surface area contributed by atoms with E-state index in [-0.39, 0.29) is 0 Å². The molecule has 0 bridgehead atoms. The lowest BCUT2D eigenvalue weighted by Crippen LogP contribution is -2.11. The summed E-state index contributed by atoms with van der Waals surface area (Å²) in [5, 5.41) is 3.31. The molecule has 2 aromatic rings. The van der Waals surface area contributed by atoms with Crippen molar-refractivity contribution in [2.24, 2.45) is 0 Å². The van der Waals surface area contributed by atoms with Crippen LogP contribution < -0.4 is 11.1 Å². The molecule has 6 heteroatoms. The van der Waals surface area contributed by atoms with Gasteiger partial charge in [-0.05, 0) is 30.5 Å². The van der Waals surface area contributed by atoms with E-state index in [4.69, 9.17) is 10.5 Å². The second-order valence-electron chi connectivity index (χ2n) is 5.13. The standard InChI is InChI=1S/C15H19N5O/c16-15-19-13(12-4-8-21-10-12)9-14(20-15)18-7-3-11-1-5-17-6-2-11/h1-2,5-6,9,12H,3-4,7-8,10H2,(H3,16,18,19,20)/t12-/m1/s1. The summed E-state index contributed by atoms with van der Waals surface area (Å²) in [6, 6.07) is 6.00. The Morgan fingerprint density at radius 1 is 1.29 bits per heavy atom. The van der Waals surface area contributed by atoms with Gasteiger partial charge in [0.25, 0.3) is 0 Å². The van der Waals surface area contributed by atoms with Crippen LogP contribution in [-0.4, -0.2) is 34.7 Å². The van der Waals surface area contributed by atoms with Gasteiger partial charge in [0, 0.05) is 37.5 Å². The third-order valence-electron chi connectivity index (χ3n) is 3.58. The first kappa shape index (κ1) is 13.8. The molecule has 0 radical (unpaired) electrons. The molecule has 0 amide bonds. The number of hydrogen-bond acceptors (Lipinski definition) is 6. The smallest absolute Gasteiger partial charge is 0.222 e. The summed E-state index contributed by atoms with van der Waals surface area (Å²) in [7, 11) is 0. The van der Waals surface area contributed by atoms with Crippen molar-refractivity contribution in [3.63, 3.8) is 0 Å². The average molecular weight is 285 g/mol. The Kier molecular flexibility index (Phi) is 4.25. The molecular formula is C15H19N5O. The number of anilines is 2. The van der Waals surface area contributed by atoms with Crippen molar-refractivity contribution in [1.29, 1.82) is 0 Å². The molecule has 1 saturated heterocycles. The van der Waals surface area contributed by atoms with Crippen LogP contribution in [0.3, 0.4) is 0 Å². The van der Waals surface area contributed by atoms with Crippen LogP contribution in [0.25, 0.3) is 0 Å². The Labute approximate surface area is 123 Å². The lowest BCUT2D eigenvalue weighted by atomic mass is 10.0. The monoisotopic (exact) mass is 285 g/mol. The zero-order chi connectivity index (χ0) is 14.5. The van der Waals surface area contributed by atoms with Gasteiger partial charge in [0.2, 0.25) is 5.95 Å². The van der Waals surface area contributed by atoms with Crippen LogP contribution in [0, 0.1) is 0 Å². The van der Waals surface area contributed by atoms with Gasteiger partial charge in [-0.15, -0.1) is 0 Å². The second kappa shape index (κ2) is 6.49. The Hall–Kier alpha value is -2.21. The summed E-state index contributed by atoms with van der Waals surface area (Å²) in [5.74, 6) is 1.42. The molecule has 0 unspecified atom stereocenters. The maximum Gasteiger partial charge on any atom is 0.222 e. The van der Waals surface area contributed by atoms with Gasteiger partial charge < -0.3 is 15.8 Å². The number of ether oxygens (including phenoxy) is 1. The molecule has 3 N–H and O–H groups in total. The van der Waals surface area contributed by atoms with E-state index in [1.54, 1.807) is 12.4 Å². The Morgan fingerprint density at radius 3 is 2.90 bits per heavy atom. The summed E-state index contributed by atoms with van der Waals surface area (Å²) in [6.07, 6.45) is 5.51. The van der Waals surface area contributed by atoms with Crippen molar-refractivity contribution in [3.8, 4) is 0 Å². The molecule has 0 aliphatic carbocycles. The Morgan fingerprint density at radius 2 is 2.14 bits per heavy atom. The van der Waals surface area contributed by atoms with Crippen molar-refractivity contribution in [1.82, 2.24) is 15.0 Å². The molecule has 0 aromatic carbocycles. The number of rotatable bonds is 5. The van der Waals surface area contributed by atoms with Gasteiger partial charge in [0.1, 0.15) is 5.82 Å². The molecule has 1 fully saturated rings. The van der Waals surface area contributed by atoms with Gasteiger partial charge in [0.15, 0.2) is 0 Å². The van der Waals surface area contributed by atoms with Crippen molar-refractivity contribution < 1.29 is 4.74 Å². The van der Waals surface area contributed by atoms with Crippen molar-refractivity contribution in [3.05, 3.63) is 41.9 Å². The SMILES string of the molecule is Nc1nc(NCCc2ccncc2)cc([C@@H]2CCOC2)n1. The fourth-order valence-corrected chi connectivity index (χ4v) is 2.44. The zero-order valence-electron chi connectivity index (χ0n) is 11.8. The molecule has 1 aliphatic rings. The van der Waals surface area contributed by atoms with Gasteiger partial charge in [-0.1, -0.05) is 0 Å². The van der Waals surface area contributed by atoms with Crippen LogP contribution in [0.2, 0.25) is 0 Å². The number of aromatic nitrogens is 3. The number of hydrogen-bond donors (Lipinski definition) is 2. The fourth-order valence-electron chi connectivity index (χ4n) is 2.44. The first-order valence-corrected chi connectivity index (χ1v) is 7.16. The van der Waals surface area contributed by atoms with Crippen LogP contribution in [0.1, 0.15) is 23.6 Å². The third kappa shape index (κ3) is 3.66. The van der Waals surface area contributed by atoms with E-state index in [0.29, 0.717) is 18.5 Å². The second-order valence-corrected chi connectivity index (χ2v) is 5.13. The summed E-state index contributed by atoms with van der Waals surface area (Å²) < 4.78 is 5.40. The third-order valence-corrected chi connectivity index (χ3v) is 3.58. The van der Waals surface area contributed by atoms with E-state index >= 15 is 0 Å². The minimum atomic E-state index is 0.311. The average Bonchev–Trinajstić information content (AvgIpc) is 3.02.